The minimum atomic E-state index is -0.907. The first-order valence-electron chi connectivity index (χ1n) is 7.42. The fourth-order valence-electron chi connectivity index (χ4n) is 3.32. The van der Waals surface area contributed by atoms with Gasteiger partial charge in [-0.1, -0.05) is 0 Å². The van der Waals surface area contributed by atoms with Gasteiger partial charge in [-0.05, 0) is 42.8 Å². The van der Waals surface area contributed by atoms with Crippen molar-refractivity contribution in [3.05, 3.63) is 48.2 Å². The number of piperidine rings is 1. The number of furan rings is 1. The number of aromatic amines is 1. The summed E-state index contributed by atoms with van der Waals surface area (Å²) >= 11 is 0. The Morgan fingerprint density at radius 3 is 2.91 bits per heavy atom. The maximum atomic E-state index is 14.5. The molecule has 2 atom stereocenters. The van der Waals surface area contributed by atoms with E-state index in [0.717, 1.165) is 22.2 Å². The second kappa shape index (κ2) is 5.25. The number of hydrogen-bond acceptors (Lipinski definition) is 2. The lowest BCUT2D eigenvalue weighted by Crippen LogP contribution is -2.36. The van der Waals surface area contributed by atoms with Crippen molar-refractivity contribution < 1.29 is 13.2 Å². The second-order valence-electron chi connectivity index (χ2n) is 5.73. The fraction of sp³-hybridized carbons (Fsp3) is 0.294. The standard InChI is InChI=1S/C17H16F2N2O/c18-11-1-2-12-15(7-11)21-17(10-4-6-22-9-10)16(12)13-8-20-5-3-14(13)19/h1-2,4,6-7,9,13-14,20-21H,3,5,8H2/t13?,14-/m1/s1. The zero-order chi connectivity index (χ0) is 15.1. The predicted molar refractivity (Wildman–Crippen MR) is 81.1 cm³/mol. The molecule has 5 heteroatoms. The highest BCUT2D eigenvalue weighted by Crippen LogP contribution is 2.39. The van der Waals surface area contributed by atoms with Crippen molar-refractivity contribution in [1.29, 1.82) is 0 Å². The van der Waals surface area contributed by atoms with Gasteiger partial charge in [0.15, 0.2) is 0 Å². The van der Waals surface area contributed by atoms with Crippen LogP contribution in [0.5, 0.6) is 0 Å². The second-order valence-corrected chi connectivity index (χ2v) is 5.73. The van der Waals surface area contributed by atoms with E-state index in [1.807, 2.05) is 6.07 Å². The lowest BCUT2D eigenvalue weighted by atomic mass is 9.87. The number of hydrogen-bond donors (Lipinski definition) is 2. The summed E-state index contributed by atoms with van der Waals surface area (Å²) in [6.45, 7) is 1.27. The molecule has 1 saturated heterocycles. The van der Waals surface area contributed by atoms with Crippen LogP contribution in [-0.2, 0) is 0 Å². The normalized spacial score (nSPS) is 22.3. The van der Waals surface area contributed by atoms with Crippen LogP contribution in [0.2, 0.25) is 0 Å². The van der Waals surface area contributed by atoms with Gasteiger partial charge in [0, 0.05) is 28.9 Å². The third-order valence-corrected chi connectivity index (χ3v) is 4.38. The Balaban J connectivity index is 1.95. The first kappa shape index (κ1) is 13.5. The van der Waals surface area contributed by atoms with Crippen molar-refractivity contribution in [3.8, 4) is 11.3 Å². The van der Waals surface area contributed by atoms with Crippen LogP contribution in [0.15, 0.2) is 41.2 Å². The first-order valence-corrected chi connectivity index (χ1v) is 7.42. The van der Waals surface area contributed by atoms with E-state index in [1.165, 1.54) is 12.1 Å². The molecule has 0 amide bonds. The van der Waals surface area contributed by atoms with E-state index in [1.54, 1.807) is 18.6 Å². The maximum absolute atomic E-state index is 14.5. The van der Waals surface area contributed by atoms with Crippen molar-refractivity contribution in [3.63, 3.8) is 0 Å². The molecule has 2 N–H and O–H groups in total. The van der Waals surface area contributed by atoms with Crippen LogP contribution in [0.25, 0.3) is 22.2 Å². The first-order chi connectivity index (χ1) is 10.7. The van der Waals surface area contributed by atoms with Crippen molar-refractivity contribution in [2.24, 2.45) is 0 Å². The highest BCUT2D eigenvalue weighted by molar-refractivity contribution is 5.91. The number of alkyl halides is 1. The molecule has 4 rings (SSSR count). The zero-order valence-corrected chi connectivity index (χ0v) is 11.9. The summed E-state index contributed by atoms with van der Waals surface area (Å²) in [6.07, 6.45) is 2.78. The summed E-state index contributed by atoms with van der Waals surface area (Å²) < 4.78 is 33.2. The molecule has 1 aliphatic heterocycles. The molecule has 0 spiro atoms. The predicted octanol–water partition coefficient (Wildman–Crippen LogP) is 3.98. The molecule has 3 aromatic rings. The average molecular weight is 302 g/mol. The van der Waals surface area contributed by atoms with Gasteiger partial charge >= 0.3 is 0 Å². The molecule has 3 nitrogen and oxygen atoms in total. The summed E-state index contributed by atoms with van der Waals surface area (Å²) in [6, 6.07) is 6.42. The summed E-state index contributed by atoms with van der Waals surface area (Å²) in [4.78, 5) is 3.23. The van der Waals surface area contributed by atoms with Crippen LogP contribution >= 0.6 is 0 Å². The number of benzene rings is 1. The lowest BCUT2D eigenvalue weighted by Gasteiger charge is -2.27. The van der Waals surface area contributed by atoms with Crippen LogP contribution in [-0.4, -0.2) is 24.2 Å². The van der Waals surface area contributed by atoms with Gasteiger partial charge in [0.2, 0.25) is 0 Å². The zero-order valence-electron chi connectivity index (χ0n) is 11.9. The Morgan fingerprint density at radius 2 is 2.14 bits per heavy atom. The molecule has 0 aliphatic carbocycles. The van der Waals surface area contributed by atoms with Gasteiger partial charge in [0.05, 0.1) is 18.2 Å². The van der Waals surface area contributed by atoms with Crippen molar-refractivity contribution in [2.75, 3.05) is 13.1 Å². The maximum Gasteiger partial charge on any atom is 0.125 e. The highest BCUT2D eigenvalue weighted by atomic mass is 19.1. The van der Waals surface area contributed by atoms with Crippen LogP contribution < -0.4 is 5.32 Å². The number of H-pyrrole nitrogens is 1. The number of nitrogens with one attached hydrogen (secondary N) is 2. The van der Waals surface area contributed by atoms with Crippen molar-refractivity contribution in [1.82, 2.24) is 10.3 Å². The minimum absolute atomic E-state index is 0.252. The quantitative estimate of drug-likeness (QED) is 0.751. The molecule has 2 aromatic heterocycles. The minimum Gasteiger partial charge on any atom is -0.472 e. The van der Waals surface area contributed by atoms with Gasteiger partial charge in [-0.15, -0.1) is 0 Å². The number of rotatable bonds is 2. The van der Waals surface area contributed by atoms with Gasteiger partial charge in [0.1, 0.15) is 12.0 Å². The van der Waals surface area contributed by atoms with E-state index < -0.39 is 6.17 Å². The van der Waals surface area contributed by atoms with E-state index >= 15 is 0 Å². The van der Waals surface area contributed by atoms with E-state index in [4.69, 9.17) is 4.42 Å². The summed E-state index contributed by atoms with van der Waals surface area (Å²) in [5.74, 6) is -0.560. The van der Waals surface area contributed by atoms with Crippen LogP contribution in [0.1, 0.15) is 17.9 Å². The number of halogens is 2. The molecule has 1 unspecified atom stereocenters. The van der Waals surface area contributed by atoms with Crippen molar-refractivity contribution in [2.45, 2.75) is 18.5 Å². The Hall–Kier alpha value is -2.14. The molecule has 0 saturated carbocycles. The molecule has 0 radical (unpaired) electrons. The van der Waals surface area contributed by atoms with Gasteiger partial charge < -0.3 is 14.7 Å². The monoisotopic (exact) mass is 302 g/mol. The van der Waals surface area contributed by atoms with Gasteiger partial charge in [-0.3, -0.25) is 0 Å². The topological polar surface area (TPSA) is 41.0 Å². The highest BCUT2D eigenvalue weighted by Gasteiger charge is 2.31. The van der Waals surface area contributed by atoms with Crippen LogP contribution in [0, 0.1) is 5.82 Å². The molecule has 0 bridgehead atoms. The molecule has 3 heterocycles. The van der Waals surface area contributed by atoms with Gasteiger partial charge in [0.25, 0.3) is 0 Å². The SMILES string of the molecule is Fc1ccc2c(C3CNCC[C@H]3F)c(-c3ccoc3)[nH]c2c1. The summed E-state index contributed by atoms with van der Waals surface area (Å²) in [5.41, 5.74) is 3.25. The Labute approximate surface area is 126 Å². The summed E-state index contributed by atoms with van der Waals surface area (Å²) in [5, 5.41) is 4.12. The van der Waals surface area contributed by atoms with E-state index in [-0.39, 0.29) is 11.7 Å². The smallest absolute Gasteiger partial charge is 0.125 e. The molecule has 1 aromatic carbocycles. The molecule has 1 fully saturated rings. The Morgan fingerprint density at radius 1 is 1.23 bits per heavy atom. The molecular formula is C17H16F2N2O. The molecule has 1 aliphatic rings. The summed E-state index contributed by atoms with van der Waals surface area (Å²) in [7, 11) is 0. The number of aromatic nitrogens is 1. The third kappa shape index (κ3) is 2.13. The van der Waals surface area contributed by atoms with E-state index in [9.17, 15) is 8.78 Å². The van der Waals surface area contributed by atoms with Gasteiger partial charge in [-0.25, -0.2) is 8.78 Å². The lowest BCUT2D eigenvalue weighted by molar-refractivity contribution is 0.229. The largest absolute Gasteiger partial charge is 0.472 e. The Bertz CT molecular complexity index is 794. The van der Waals surface area contributed by atoms with Crippen molar-refractivity contribution >= 4 is 10.9 Å². The van der Waals surface area contributed by atoms with Crippen LogP contribution in [0.4, 0.5) is 8.78 Å². The Kier molecular flexibility index (Phi) is 3.22. The fourth-order valence-corrected chi connectivity index (χ4v) is 3.32. The average Bonchev–Trinajstić information content (AvgIpc) is 3.14. The van der Waals surface area contributed by atoms with Crippen LogP contribution in [0.3, 0.4) is 0 Å². The van der Waals surface area contributed by atoms with E-state index in [0.29, 0.717) is 25.0 Å². The van der Waals surface area contributed by atoms with E-state index in [2.05, 4.69) is 10.3 Å². The molecule has 114 valence electrons. The third-order valence-electron chi connectivity index (χ3n) is 4.38. The molecular weight excluding hydrogens is 286 g/mol. The van der Waals surface area contributed by atoms with Gasteiger partial charge in [-0.2, -0.15) is 0 Å². The number of fused-ring (bicyclic) bond motifs is 1. The molecule has 22 heavy (non-hydrogen) atoms.